The summed E-state index contributed by atoms with van der Waals surface area (Å²) in [6.07, 6.45) is 3.47. The molecule has 1 fully saturated rings. The van der Waals surface area contributed by atoms with E-state index in [9.17, 15) is 4.79 Å². The normalized spacial score (nSPS) is 16.3. The molecule has 2 aromatic rings. The van der Waals surface area contributed by atoms with Crippen molar-refractivity contribution in [3.8, 4) is 11.1 Å². The molecule has 0 bridgehead atoms. The van der Waals surface area contributed by atoms with Crippen LogP contribution in [0.4, 0.5) is 5.69 Å². The maximum atomic E-state index is 12.7. The van der Waals surface area contributed by atoms with E-state index in [1.165, 1.54) is 0 Å². The summed E-state index contributed by atoms with van der Waals surface area (Å²) in [5, 5.41) is 3.36. The second kappa shape index (κ2) is 9.76. The molecule has 1 aromatic heterocycles. The van der Waals surface area contributed by atoms with Crippen molar-refractivity contribution in [2.75, 3.05) is 38.6 Å². The molecule has 1 aromatic carbocycles. The minimum Gasteiger partial charge on any atom is -0.378 e. The van der Waals surface area contributed by atoms with E-state index >= 15 is 0 Å². The van der Waals surface area contributed by atoms with Crippen LogP contribution in [0.3, 0.4) is 0 Å². The van der Waals surface area contributed by atoms with E-state index in [0.29, 0.717) is 11.6 Å². The fraction of sp³-hybridized carbons (Fsp3) is 0.368. The Morgan fingerprint density at radius 2 is 1.85 bits per heavy atom. The van der Waals surface area contributed by atoms with Gasteiger partial charge in [-0.3, -0.25) is 9.78 Å². The molecule has 3 rings (SSSR count). The summed E-state index contributed by atoms with van der Waals surface area (Å²) in [7, 11) is 4.04. The molecule has 0 radical (unpaired) electrons. The van der Waals surface area contributed by atoms with Crippen molar-refractivity contribution in [2.24, 2.45) is 0 Å². The van der Waals surface area contributed by atoms with Gasteiger partial charge in [-0.15, -0.1) is 24.8 Å². The minimum atomic E-state index is 0. The van der Waals surface area contributed by atoms with Gasteiger partial charge in [-0.2, -0.15) is 0 Å². The predicted molar refractivity (Wildman–Crippen MR) is 112 cm³/mol. The molecular formula is C19H26Cl2N4O. The highest BCUT2D eigenvalue weighted by Crippen LogP contribution is 2.23. The van der Waals surface area contributed by atoms with Crippen LogP contribution >= 0.6 is 24.8 Å². The van der Waals surface area contributed by atoms with E-state index < -0.39 is 0 Å². The second-order valence-corrected chi connectivity index (χ2v) is 6.51. The maximum Gasteiger partial charge on any atom is 0.255 e. The summed E-state index contributed by atoms with van der Waals surface area (Å²) in [6, 6.07) is 10.5. The van der Waals surface area contributed by atoms with Gasteiger partial charge < -0.3 is 15.1 Å². The van der Waals surface area contributed by atoms with Crippen molar-refractivity contribution in [2.45, 2.75) is 13.0 Å². The van der Waals surface area contributed by atoms with Crippen molar-refractivity contribution in [3.63, 3.8) is 0 Å². The molecule has 0 aliphatic carbocycles. The summed E-state index contributed by atoms with van der Waals surface area (Å²) in [4.78, 5) is 21.0. The fourth-order valence-electron chi connectivity index (χ4n) is 2.97. The lowest BCUT2D eigenvalue weighted by Crippen LogP contribution is -2.51. The van der Waals surface area contributed by atoms with Gasteiger partial charge >= 0.3 is 0 Å². The zero-order valence-corrected chi connectivity index (χ0v) is 16.9. The Balaban J connectivity index is 0.00000169. The second-order valence-electron chi connectivity index (χ2n) is 6.51. The van der Waals surface area contributed by atoms with Gasteiger partial charge in [-0.25, -0.2) is 0 Å². The number of hydrogen-bond acceptors (Lipinski definition) is 4. The lowest BCUT2D eigenvalue weighted by Gasteiger charge is -2.31. The van der Waals surface area contributed by atoms with E-state index in [-0.39, 0.29) is 30.7 Å². The van der Waals surface area contributed by atoms with Gasteiger partial charge in [0.25, 0.3) is 5.91 Å². The van der Waals surface area contributed by atoms with E-state index in [4.69, 9.17) is 0 Å². The standard InChI is InChI=1S/C19H24N4O.2ClH/c1-14-13-23(9-8-21-14)19(24)17-10-16(11-20-12-17)15-4-6-18(7-5-15)22(2)3;;/h4-7,10-12,14,21H,8-9,13H2,1-3H3;2*1H. The first-order chi connectivity index (χ1) is 11.5. The number of amides is 1. The first kappa shape index (κ1) is 22.2. The number of anilines is 1. The zero-order valence-electron chi connectivity index (χ0n) is 15.3. The number of aromatic nitrogens is 1. The molecule has 2 heterocycles. The van der Waals surface area contributed by atoms with Crippen LogP contribution in [0.2, 0.25) is 0 Å². The quantitative estimate of drug-likeness (QED) is 0.865. The topological polar surface area (TPSA) is 48.5 Å². The SMILES string of the molecule is CC1CN(C(=O)c2cncc(-c3ccc(N(C)C)cc3)c2)CCN1.Cl.Cl. The molecule has 7 heteroatoms. The Morgan fingerprint density at radius 1 is 1.15 bits per heavy atom. The van der Waals surface area contributed by atoms with E-state index in [1.807, 2.05) is 31.3 Å². The molecule has 1 saturated heterocycles. The number of rotatable bonds is 3. The molecule has 0 saturated carbocycles. The number of carbonyl (C=O) groups is 1. The molecule has 1 amide bonds. The van der Waals surface area contributed by atoms with Crippen molar-refractivity contribution in [1.29, 1.82) is 0 Å². The van der Waals surface area contributed by atoms with Crippen LogP contribution in [0.5, 0.6) is 0 Å². The van der Waals surface area contributed by atoms with E-state index in [2.05, 4.69) is 46.4 Å². The molecule has 1 aliphatic rings. The summed E-state index contributed by atoms with van der Waals surface area (Å²) in [5.74, 6) is 0.0580. The zero-order chi connectivity index (χ0) is 17.1. The average molecular weight is 397 g/mol. The Hall–Kier alpha value is -1.82. The first-order valence-electron chi connectivity index (χ1n) is 8.30. The van der Waals surface area contributed by atoms with Gasteiger partial charge in [0.05, 0.1) is 5.56 Å². The number of nitrogens with zero attached hydrogens (tertiary/aromatic N) is 3. The first-order valence-corrected chi connectivity index (χ1v) is 8.30. The number of carbonyl (C=O) groups excluding carboxylic acids is 1. The molecule has 1 aliphatic heterocycles. The molecule has 142 valence electrons. The van der Waals surface area contributed by atoms with Gasteiger partial charge in [0.15, 0.2) is 0 Å². The molecule has 0 spiro atoms. The number of benzene rings is 1. The lowest BCUT2D eigenvalue weighted by atomic mass is 10.0. The third-order valence-electron chi connectivity index (χ3n) is 4.36. The van der Waals surface area contributed by atoms with Crippen molar-refractivity contribution in [1.82, 2.24) is 15.2 Å². The Bertz CT molecular complexity index is 722. The van der Waals surface area contributed by atoms with Crippen molar-refractivity contribution < 1.29 is 4.79 Å². The number of piperazine rings is 1. The van der Waals surface area contributed by atoms with Gasteiger partial charge in [0, 0.05) is 63.4 Å². The van der Waals surface area contributed by atoms with Crippen LogP contribution in [-0.4, -0.2) is 55.6 Å². The molecule has 1 N–H and O–H groups in total. The smallest absolute Gasteiger partial charge is 0.255 e. The molecule has 1 atom stereocenters. The van der Waals surface area contributed by atoms with Crippen molar-refractivity contribution >= 4 is 36.4 Å². The van der Waals surface area contributed by atoms with E-state index in [0.717, 1.165) is 36.4 Å². The maximum absolute atomic E-state index is 12.7. The van der Waals surface area contributed by atoms with Crippen LogP contribution < -0.4 is 10.2 Å². The monoisotopic (exact) mass is 396 g/mol. The number of halogens is 2. The van der Waals surface area contributed by atoms with Crippen LogP contribution in [-0.2, 0) is 0 Å². The Morgan fingerprint density at radius 3 is 2.46 bits per heavy atom. The third kappa shape index (κ3) is 5.10. The highest BCUT2D eigenvalue weighted by Gasteiger charge is 2.22. The average Bonchev–Trinajstić information content (AvgIpc) is 2.61. The number of nitrogens with one attached hydrogen (secondary N) is 1. The van der Waals surface area contributed by atoms with Gasteiger partial charge in [-0.1, -0.05) is 12.1 Å². The summed E-state index contributed by atoms with van der Waals surface area (Å²) >= 11 is 0. The van der Waals surface area contributed by atoms with Gasteiger partial charge in [0.2, 0.25) is 0 Å². The van der Waals surface area contributed by atoms with Gasteiger partial charge in [-0.05, 0) is 30.7 Å². The Kier molecular flexibility index (Phi) is 8.34. The van der Waals surface area contributed by atoms with Crippen LogP contribution in [0.25, 0.3) is 11.1 Å². The predicted octanol–water partition coefficient (Wildman–Crippen LogP) is 3.09. The van der Waals surface area contributed by atoms with Crippen LogP contribution in [0.15, 0.2) is 42.7 Å². The number of hydrogen-bond donors (Lipinski definition) is 1. The van der Waals surface area contributed by atoms with E-state index in [1.54, 1.807) is 6.20 Å². The third-order valence-corrected chi connectivity index (χ3v) is 4.36. The summed E-state index contributed by atoms with van der Waals surface area (Å²) < 4.78 is 0. The Labute approximate surface area is 167 Å². The van der Waals surface area contributed by atoms with Crippen LogP contribution in [0.1, 0.15) is 17.3 Å². The van der Waals surface area contributed by atoms with Gasteiger partial charge in [0.1, 0.15) is 0 Å². The molecule has 26 heavy (non-hydrogen) atoms. The van der Waals surface area contributed by atoms with Crippen LogP contribution in [0, 0.1) is 0 Å². The van der Waals surface area contributed by atoms with Crippen molar-refractivity contribution in [3.05, 3.63) is 48.3 Å². The summed E-state index contributed by atoms with van der Waals surface area (Å²) in [5.41, 5.74) is 3.83. The lowest BCUT2D eigenvalue weighted by molar-refractivity contribution is 0.0708. The highest BCUT2D eigenvalue weighted by atomic mass is 35.5. The number of pyridine rings is 1. The fourth-order valence-corrected chi connectivity index (χ4v) is 2.97. The highest BCUT2D eigenvalue weighted by molar-refractivity contribution is 5.95. The molecular weight excluding hydrogens is 371 g/mol. The molecule has 1 unspecified atom stereocenters. The largest absolute Gasteiger partial charge is 0.378 e. The molecule has 5 nitrogen and oxygen atoms in total. The summed E-state index contributed by atoms with van der Waals surface area (Å²) in [6.45, 7) is 4.41. The minimum absolute atomic E-state index is 0.